The molecule has 0 unspecified atom stereocenters. The molecule has 3 nitrogen and oxygen atoms in total. The Balaban J connectivity index is 3.15. The number of allylic oxidation sites excluding steroid dienone is 1. The third kappa shape index (κ3) is 3.18. The van der Waals surface area contributed by atoms with Crippen LogP contribution in [0.25, 0.3) is 6.08 Å². The molecule has 0 radical (unpaired) electrons. The predicted molar refractivity (Wildman–Crippen MR) is 54.0 cm³/mol. The molecule has 78 valence electrons. The molecule has 1 rings (SSSR count). The molecule has 0 fully saturated rings. The Bertz CT molecular complexity index is 514. The number of nitrogens with zero attached hydrogens (tertiary/aromatic N) is 1. The van der Waals surface area contributed by atoms with Crippen molar-refractivity contribution in [3.63, 3.8) is 0 Å². The van der Waals surface area contributed by atoms with E-state index in [-0.39, 0.29) is 16.9 Å². The number of rotatable bonds is 3. The Morgan fingerprint density at radius 1 is 1.40 bits per heavy atom. The second kappa shape index (κ2) is 4.71. The second-order valence-corrected chi connectivity index (χ2v) is 4.06. The Kier molecular flexibility index (Phi) is 3.58. The van der Waals surface area contributed by atoms with E-state index in [1.807, 2.05) is 6.07 Å². The van der Waals surface area contributed by atoms with Gasteiger partial charge in [0.1, 0.15) is 4.90 Å². The van der Waals surface area contributed by atoms with Crippen LogP contribution in [0.4, 0.5) is 3.89 Å². The molecule has 0 aliphatic rings. The zero-order valence-electron chi connectivity index (χ0n) is 7.72. The largest absolute Gasteiger partial charge is 0.332 e. The molecule has 15 heavy (non-hydrogen) atoms. The summed E-state index contributed by atoms with van der Waals surface area (Å²) in [4.78, 5) is -0.376. The van der Waals surface area contributed by atoms with Gasteiger partial charge in [0.15, 0.2) is 0 Å². The highest BCUT2D eigenvalue weighted by Crippen LogP contribution is 2.18. The summed E-state index contributed by atoms with van der Waals surface area (Å²) in [7, 11) is -4.70. The van der Waals surface area contributed by atoms with Crippen molar-refractivity contribution in [3.05, 3.63) is 35.9 Å². The van der Waals surface area contributed by atoms with Crippen LogP contribution < -0.4 is 0 Å². The van der Waals surface area contributed by atoms with Crippen LogP contribution in [0.5, 0.6) is 0 Å². The Hall–Kier alpha value is -1.67. The van der Waals surface area contributed by atoms with Crippen LogP contribution in [0.2, 0.25) is 0 Å². The SMILES string of the molecule is N#CCC=Cc1ccccc1S(=O)(=O)F. The fraction of sp³-hybridized carbons (Fsp3) is 0.100. The fourth-order valence-corrected chi connectivity index (χ4v) is 1.74. The van der Waals surface area contributed by atoms with Crippen molar-refractivity contribution in [2.75, 3.05) is 0 Å². The molecule has 0 atom stereocenters. The molecule has 0 aromatic heterocycles. The number of hydrogen-bond donors (Lipinski definition) is 0. The van der Waals surface area contributed by atoms with Gasteiger partial charge in [-0.25, -0.2) is 0 Å². The molecule has 0 amide bonds. The monoisotopic (exact) mass is 225 g/mol. The lowest BCUT2D eigenvalue weighted by molar-refractivity contribution is 0.552. The van der Waals surface area contributed by atoms with Crippen molar-refractivity contribution < 1.29 is 12.3 Å². The maximum atomic E-state index is 12.8. The van der Waals surface area contributed by atoms with Crippen molar-refractivity contribution in [2.45, 2.75) is 11.3 Å². The minimum absolute atomic E-state index is 0.153. The van der Waals surface area contributed by atoms with E-state index in [9.17, 15) is 12.3 Å². The maximum Gasteiger partial charge on any atom is 0.332 e. The van der Waals surface area contributed by atoms with E-state index < -0.39 is 10.2 Å². The molecular weight excluding hydrogens is 217 g/mol. The zero-order chi connectivity index (χ0) is 11.3. The van der Waals surface area contributed by atoms with Crippen LogP contribution in [0.1, 0.15) is 12.0 Å². The Morgan fingerprint density at radius 3 is 2.67 bits per heavy atom. The smallest absolute Gasteiger partial charge is 0.198 e. The van der Waals surface area contributed by atoms with E-state index >= 15 is 0 Å². The molecule has 0 saturated carbocycles. The molecule has 0 N–H and O–H groups in total. The van der Waals surface area contributed by atoms with E-state index in [4.69, 9.17) is 5.26 Å². The highest BCUT2D eigenvalue weighted by molar-refractivity contribution is 7.86. The standard InChI is InChI=1S/C10H8FNO2S/c11-15(13,14)10-7-2-1-5-9(10)6-3-4-8-12/h1-3,5-7H,4H2. The minimum atomic E-state index is -4.70. The van der Waals surface area contributed by atoms with E-state index in [2.05, 4.69) is 0 Å². The van der Waals surface area contributed by atoms with Crippen molar-refractivity contribution in [1.82, 2.24) is 0 Å². The van der Waals surface area contributed by atoms with Gasteiger partial charge in [-0.05, 0) is 11.6 Å². The predicted octanol–water partition coefficient (Wildman–Crippen LogP) is 2.27. The highest BCUT2D eigenvalue weighted by atomic mass is 32.3. The lowest BCUT2D eigenvalue weighted by Crippen LogP contribution is -1.94. The lowest BCUT2D eigenvalue weighted by Gasteiger charge is -1.99. The summed E-state index contributed by atoms with van der Waals surface area (Å²) >= 11 is 0. The van der Waals surface area contributed by atoms with Crippen LogP contribution in [-0.4, -0.2) is 8.42 Å². The van der Waals surface area contributed by atoms with Crippen LogP contribution in [-0.2, 0) is 10.2 Å². The Labute approximate surface area is 87.7 Å². The number of halogens is 1. The van der Waals surface area contributed by atoms with Gasteiger partial charge < -0.3 is 0 Å². The third-order valence-electron chi connectivity index (χ3n) is 1.69. The van der Waals surface area contributed by atoms with Crippen LogP contribution in [0.15, 0.2) is 35.2 Å². The van der Waals surface area contributed by atoms with Gasteiger partial charge in [-0.15, -0.1) is 3.89 Å². The molecule has 0 spiro atoms. The summed E-state index contributed by atoms with van der Waals surface area (Å²) in [5.41, 5.74) is 0.246. The summed E-state index contributed by atoms with van der Waals surface area (Å²) in [6.45, 7) is 0. The average molecular weight is 225 g/mol. The molecule has 1 aromatic carbocycles. The molecular formula is C10H8FNO2S. The number of hydrogen-bond acceptors (Lipinski definition) is 3. The summed E-state index contributed by atoms with van der Waals surface area (Å²) < 4.78 is 34.2. The fourth-order valence-electron chi connectivity index (χ4n) is 1.08. The molecule has 1 aromatic rings. The van der Waals surface area contributed by atoms with Crippen molar-refractivity contribution in [3.8, 4) is 6.07 Å². The van der Waals surface area contributed by atoms with Gasteiger partial charge in [0.25, 0.3) is 0 Å². The normalized spacial score (nSPS) is 11.5. The van der Waals surface area contributed by atoms with Gasteiger partial charge in [0.2, 0.25) is 0 Å². The van der Waals surface area contributed by atoms with Gasteiger partial charge in [-0.3, -0.25) is 0 Å². The van der Waals surface area contributed by atoms with Gasteiger partial charge in [0.05, 0.1) is 12.5 Å². The summed E-state index contributed by atoms with van der Waals surface area (Å²) in [6, 6.07) is 7.56. The van der Waals surface area contributed by atoms with Gasteiger partial charge in [-0.1, -0.05) is 30.4 Å². The van der Waals surface area contributed by atoms with E-state index in [1.165, 1.54) is 30.4 Å². The van der Waals surface area contributed by atoms with E-state index in [0.29, 0.717) is 0 Å². The summed E-state index contributed by atoms with van der Waals surface area (Å²) in [5.74, 6) is 0. The number of benzene rings is 1. The summed E-state index contributed by atoms with van der Waals surface area (Å²) in [5, 5.41) is 8.28. The first-order chi connectivity index (χ1) is 7.05. The first-order valence-electron chi connectivity index (χ1n) is 4.13. The molecule has 0 aliphatic heterocycles. The second-order valence-electron chi connectivity index (χ2n) is 2.74. The van der Waals surface area contributed by atoms with E-state index in [1.54, 1.807) is 6.07 Å². The Morgan fingerprint density at radius 2 is 2.07 bits per heavy atom. The first-order valence-corrected chi connectivity index (χ1v) is 5.51. The van der Waals surface area contributed by atoms with Crippen LogP contribution in [0, 0.1) is 11.3 Å². The lowest BCUT2D eigenvalue weighted by atomic mass is 10.2. The first kappa shape index (κ1) is 11.4. The highest BCUT2D eigenvalue weighted by Gasteiger charge is 2.14. The van der Waals surface area contributed by atoms with Crippen LogP contribution in [0.3, 0.4) is 0 Å². The zero-order valence-corrected chi connectivity index (χ0v) is 8.54. The third-order valence-corrected chi connectivity index (χ3v) is 2.59. The van der Waals surface area contributed by atoms with Crippen LogP contribution >= 0.6 is 0 Å². The average Bonchev–Trinajstić information content (AvgIpc) is 2.17. The van der Waals surface area contributed by atoms with Crippen molar-refractivity contribution in [1.29, 1.82) is 5.26 Å². The molecule has 0 heterocycles. The number of nitriles is 1. The maximum absolute atomic E-state index is 12.8. The van der Waals surface area contributed by atoms with E-state index in [0.717, 1.165) is 0 Å². The van der Waals surface area contributed by atoms with Gasteiger partial charge in [-0.2, -0.15) is 13.7 Å². The van der Waals surface area contributed by atoms with Crippen molar-refractivity contribution >= 4 is 16.3 Å². The van der Waals surface area contributed by atoms with Gasteiger partial charge in [0, 0.05) is 0 Å². The quantitative estimate of drug-likeness (QED) is 0.741. The van der Waals surface area contributed by atoms with Gasteiger partial charge >= 0.3 is 10.2 Å². The van der Waals surface area contributed by atoms with Crippen molar-refractivity contribution in [2.24, 2.45) is 0 Å². The molecule has 0 bridgehead atoms. The summed E-state index contributed by atoms with van der Waals surface area (Å²) in [6.07, 6.45) is 3.04. The topological polar surface area (TPSA) is 57.9 Å². The molecule has 5 heteroatoms. The minimum Gasteiger partial charge on any atom is -0.198 e. The molecule has 0 saturated heterocycles. The molecule has 0 aliphatic carbocycles.